The predicted octanol–water partition coefficient (Wildman–Crippen LogP) is 6.73. The normalized spacial score (nSPS) is 10.5. The molecule has 0 radical (unpaired) electrons. The fourth-order valence-electron chi connectivity index (χ4n) is 2.58. The van der Waals surface area contributed by atoms with E-state index in [1.54, 1.807) is 24.3 Å². The molecule has 0 saturated carbocycles. The highest BCUT2D eigenvalue weighted by Crippen LogP contribution is 2.26. The number of carbonyl (C=O) groups excluding carboxylic acids is 2. The highest BCUT2D eigenvalue weighted by molar-refractivity contribution is 6.42. The first-order valence-electron chi connectivity index (χ1n) is 9.45. The van der Waals surface area contributed by atoms with Crippen LogP contribution in [0.3, 0.4) is 0 Å². The molecule has 0 fully saturated rings. The minimum atomic E-state index is -0.551. The van der Waals surface area contributed by atoms with Gasteiger partial charge in [0, 0.05) is 6.07 Å². The second-order valence-corrected chi connectivity index (χ2v) is 7.26. The van der Waals surface area contributed by atoms with E-state index in [-0.39, 0.29) is 0 Å². The summed E-state index contributed by atoms with van der Waals surface area (Å²) in [6, 6.07) is 10.7. The van der Waals surface area contributed by atoms with Gasteiger partial charge in [-0.2, -0.15) is 0 Å². The van der Waals surface area contributed by atoms with E-state index in [4.69, 9.17) is 32.7 Å². The summed E-state index contributed by atoms with van der Waals surface area (Å²) < 4.78 is 10.5. The molecule has 0 aliphatic rings. The van der Waals surface area contributed by atoms with Gasteiger partial charge < -0.3 is 9.47 Å². The van der Waals surface area contributed by atoms with E-state index in [2.05, 4.69) is 6.92 Å². The van der Waals surface area contributed by atoms with Crippen molar-refractivity contribution in [2.45, 2.75) is 45.4 Å². The van der Waals surface area contributed by atoms with E-state index in [1.165, 1.54) is 43.9 Å². The molecule has 6 heteroatoms. The number of esters is 2. The van der Waals surface area contributed by atoms with E-state index in [0.29, 0.717) is 33.5 Å². The Hall–Kier alpha value is -2.04. The fraction of sp³-hybridized carbons (Fsp3) is 0.364. The number of unbranched alkanes of at least 4 members (excludes halogenated alkanes) is 5. The lowest BCUT2D eigenvalue weighted by Crippen LogP contribution is -2.10. The van der Waals surface area contributed by atoms with Crippen molar-refractivity contribution in [3.63, 3.8) is 0 Å². The summed E-state index contributed by atoms with van der Waals surface area (Å²) in [5.74, 6) is -0.648. The van der Waals surface area contributed by atoms with Crippen LogP contribution in [0.15, 0.2) is 42.5 Å². The minimum Gasteiger partial charge on any atom is -0.462 e. The number of rotatable bonds is 10. The Morgan fingerprint density at radius 3 is 2.04 bits per heavy atom. The molecule has 2 rings (SSSR count). The smallest absolute Gasteiger partial charge is 0.343 e. The van der Waals surface area contributed by atoms with Crippen LogP contribution in [-0.4, -0.2) is 18.5 Å². The first-order valence-corrected chi connectivity index (χ1v) is 10.2. The van der Waals surface area contributed by atoms with Crippen molar-refractivity contribution in [1.82, 2.24) is 0 Å². The van der Waals surface area contributed by atoms with Crippen LogP contribution in [0.4, 0.5) is 0 Å². The van der Waals surface area contributed by atoms with Gasteiger partial charge in [0.1, 0.15) is 5.75 Å². The predicted molar refractivity (Wildman–Crippen MR) is 112 cm³/mol. The molecule has 0 heterocycles. The molecule has 0 bridgehead atoms. The van der Waals surface area contributed by atoms with Crippen molar-refractivity contribution in [3.05, 3.63) is 63.6 Å². The summed E-state index contributed by atoms with van der Waals surface area (Å²) >= 11 is 11.7. The lowest BCUT2D eigenvalue weighted by Gasteiger charge is -2.07. The average Bonchev–Trinajstić information content (AvgIpc) is 2.70. The van der Waals surface area contributed by atoms with Gasteiger partial charge in [0.2, 0.25) is 0 Å². The van der Waals surface area contributed by atoms with Gasteiger partial charge in [0.05, 0.1) is 27.8 Å². The Bertz CT molecular complexity index is 788. The Morgan fingerprint density at radius 1 is 0.786 bits per heavy atom. The van der Waals surface area contributed by atoms with Crippen molar-refractivity contribution < 1.29 is 19.1 Å². The second kappa shape index (κ2) is 11.7. The van der Waals surface area contributed by atoms with Gasteiger partial charge in [0.15, 0.2) is 0 Å². The third-order valence-electron chi connectivity index (χ3n) is 4.19. The van der Waals surface area contributed by atoms with Crippen molar-refractivity contribution in [1.29, 1.82) is 0 Å². The molecule has 28 heavy (non-hydrogen) atoms. The number of halogens is 2. The van der Waals surface area contributed by atoms with Crippen molar-refractivity contribution in [2.75, 3.05) is 6.61 Å². The van der Waals surface area contributed by atoms with E-state index >= 15 is 0 Å². The SMILES string of the molecule is CCCCCCCCOC(=O)c1ccc(C(=O)Oc2ccc(Cl)c(Cl)c2)cc1. The Balaban J connectivity index is 1.80. The van der Waals surface area contributed by atoms with Gasteiger partial charge in [-0.1, -0.05) is 62.2 Å². The van der Waals surface area contributed by atoms with Crippen molar-refractivity contribution in [2.24, 2.45) is 0 Å². The van der Waals surface area contributed by atoms with Gasteiger partial charge >= 0.3 is 11.9 Å². The lowest BCUT2D eigenvalue weighted by atomic mass is 10.1. The van der Waals surface area contributed by atoms with Crippen molar-refractivity contribution >= 4 is 35.1 Å². The Morgan fingerprint density at radius 2 is 1.39 bits per heavy atom. The van der Waals surface area contributed by atoms with Gasteiger partial charge in [-0.3, -0.25) is 0 Å². The van der Waals surface area contributed by atoms with Crippen LogP contribution in [0.2, 0.25) is 10.0 Å². The number of ether oxygens (including phenoxy) is 2. The van der Waals surface area contributed by atoms with E-state index in [9.17, 15) is 9.59 Å². The second-order valence-electron chi connectivity index (χ2n) is 6.45. The van der Waals surface area contributed by atoms with Gasteiger partial charge in [-0.25, -0.2) is 9.59 Å². The third-order valence-corrected chi connectivity index (χ3v) is 4.93. The van der Waals surface area contributed by atoms with Crippen molar-refractivity contribution in [3.8, 4) is 5.75 Å². The van der Waals surface area contributed by atoms with E-state index in [1.807, 2.05) is 0 Å². The maximum absolute atomic E-state index is 12.2. The summed E-state index contributed by atoms with van der Waals surface area (Å²) in [5.41, 5.74) is 0.718. The largest absolute Gasteiger partial charge is 0.462 e. The number of benzene rings is 2. The highest BCUT2D eigenvalue weighted by atomic mass is 35.5. The molecular formula is C22H24Cl2O4. The van der Waals surface area contributed by atoms with Crippen LogP contribution < -0.4 is 4.74 Å². The summed E-state index contributed by atoms with van der Waals surface area (Å²) in [6.07, 6.45) is 6.78. The molecule has 0 aliphatic carbocycles. The lowest BCUT2D eigenvalue weighted by molar-refractivity contribution is 0.0497. The molecule has 0 spiro atoms. The zero-order valence-electron chi connectivity index (χ0n) is 15.9. The minimum absolute atomic E-state index is 0.293. The monoisotopic (exact) mass is 422 g/mol. The van der Waals surface area contributed by atoms with Crippen LogP contribution >= 0.6 is 23.2 Å². The zero-order chi connectivity index (χ0) is 20.4. The molecule has 2 aromatic carbocycles. The topological polar surface area (TPSA) is 52.6 Å². The van der Waals surface area contributed by atoms with Gasteiger partial charge in [-0.15, -0.1) is 0 Å². The zero-order valence-corrected chi connectivity index (χ0v) is 17.4. The first-order chi connectivity index (χ1) is 13.5. The summed E-state index contributed by atoms with van der Waals surface area (Å²) in [6.45, 7) is 2.59. The molecule has 0 aliphatic heterocycles. The molecular weight excluding hydrogens is 399 g/mol. The van der Waals surface area contributed by atoms with Crippen LogP contribution in [-0.2, 0) is 4.74 Å². The fourth-order valence-corrected chi connectivity index (χ4v) is 2.87. The summed E-state index contributed by atoms with van der Waals surface area (Å²) in [7, 11) is 0. The maximum atomic E-state index is 12.2. The molecule has 150 valence electrons. The Kier molecular flexibility index (Phi) is 9.32. The van der Waals surface area contributed by atoms with Crippen LogP contribution in [0, 0.1) is 0 Å². The van der Waals surface area contributed by atoms with Crippen LogP contribution in [0.25, 0.3) is 0 Å². The molecule has 0 atom stereocenters. The van der Waals surface area contributed by atoms with Gasteiger partial charge in [-0.05, 0) is 42.8 Å². The Labute approximate surface area is 175 Å². The van der Waals surface area contributed by atoms with E-state index < -0.39 is 11.9 Å². The molecule has 0 unspecified atom stereocenters. The maximum Gasteiger partial charge on any atom is 0.343 e. The third kappa shape index (κ3) is 7.17. The average molecular weight is 423 g/mol. The number of carbonyl (C=O) groups is 2. The molecule has 0 N–H and O–H groups in total. The summed E-state index contributed by atoms with van der Waals surface area (Å²) in [5, 5.41) is 0.681. The highest BCUT2D eigenvalue weighted by Gasteiger charge is 2.12. The van der Waals surface area contributed by atoms with Crippen LogP contribution in [0.1, 0.15) is 66.2 Å². The molecule has 0 aromatic heterocycles. The molecule has 4 nitrogen and oxygen atoms in total. The molecule has 0 amide bonds. The summed E-state index contributed by atoms with van der Waals surface area (Å²) in [4.78, 5) is 24.3. The molecule has 2 aromatic rings. The number of hydrogen-bond acceptors (Lipinski definition) is 4. The number of hydrogen-bond donors (Lipinski definition) is 0. The van der Waals surface area contributed by atoms with E-state index in [0.717, 1.165) is 12.8 Å². The van der Waals surface area contributed by atoms with Crippen LogP contribution in [0.5, 0.6) is 5.75 Å². The standard InChI is InChI=1S/C22H24Cl2O4/c1-2-3-4-5-6-7-14-27-21(25)16-8-10-17(11-9-16)22(26)28-18-12-13-19(23)20(24)15-18/h8-13,15H,2-7,14H2,1H3. The first kappa shape index (κ1) is 22.3. The quantitative estimate of drug-likeness (QED) is 0.242. The van der Waals surface area contributed by atoms with Gasteiger partial charge in [0.25, 0.3) is 0 Å². The molecule has 0 saturated heterocycles.